The first-order chi connectivity index (χ1) is 22.9. The number of fused-ring (bicyclic) bond motifs is 4. The van der Waals surface area contributed by atoms with E-state index in [4.69, 9.17) is 23.2 Å². The number of hydrogen-bond acceptors (Lipinski definition) is 7. The average Bonchev–Trinajstić information content (AvgIpc) is 3.08. The summed E-state index contributed by atoms with van der Waals surface area (Å²) in [5.41, 5.74) is 5.10. The third kappa shape index (κ3) is 12.6. The van der Waals surface area contributed by atoms with Crippen LogP contribution >= 0.6 is 46.7 Å². The number of rotatable bonds is 13. The molecule has 0 unspecified atom stereocenters. The van der Waals surface area contributed by atoms with Crippen molar-refractivity contribution in [2.45, 2.75) is 70.9 Å². The van der Waals surface area contributed by atoms with E-state index in [1.807, 2.05) is 23.5 Å². The van der Waals surface area contributed by atoms with E-state index < -0.39 is 10.1 Å². The molecule has 10 heteroatoms. The smallest absolute Gasteiger partial charge is 0.264 e. The highest BCUT2D eigenvalue weighted by atomic mass is 35.5. The molecule has 6 rings (SSSR count). The SMILES string of the molecule is CS(=O)(=O)OCCCCCCCl.ClCCCCCCN1c2ccccc2Sc2ccccc21.c1ccc2c(c1)Nc1ccccc1S2. The van der Waals surface area contributed by atoms with Crippen molar-refractivity contribution in [1.29, 1.82) is 0 Å². The molecule has 0 atom stereocenters. The minimum absolute atomic E-state index is 0.293. The van der Waals surface area contributed by atoms with Crippen molar-refractivity contribution in [1.82, 2.24) is 0 Å². The van der Waals surface area contributed by atoms with Gasteiger partial charge in [0.1, 0.15) is 0 Å². The fourth-order valence-electron chi connectivity index (χ4n) is 5.08. The molecular weight excluding hydrogens is 688 g/mol. The highest BCUT2D eigenvalue weighted by Gasteiger charge is 2.22. The molecule has 0 saturated carbocycles. The molecule has 2 aliphatic rings. The Morgan fingerprint density at radius 1 is 0.596 bits per heavy atom. The van der Waals surface area contributed by atoms with Gasteiger partial charge in [-0.25, -0.2) is 0 Å². The summed E-state index contributed by atoms with van der Waals surface area (Å²) in [4.78, 5) is 7.79. The second kappa shape index (κ2) is 20.2. The summed E-state index contributed by atoms with van der Waals surface area (Å²) in [6.07, 6.45) is 9.67. The summed E-state index contributed by atoms with van der Waals surface area (Å²) in [5, 5.41) is 3.42. The number of hydrogen-bond donors (Lipinski definition) is 1. The number of halogens is 2. The number of nitrogens with zero attached hydrogens (tertiary/aromatic N) is 1. The van der Waals surface area contributed by atoms with Gasteiger partial charge in [0.15, 0.2) is 0 Å². The first-order valence-electron chi connectivity index (χ1n) is 16.1. The van der Waals surface area contributed by atoms with Crippen LogP contribution in [0.15, 0.2) is 117 Å². The van der Waals surface area contributed by atoms with Gasteiger partial charge < -0.3 is 10.2 Å². The van der Waals surface area contributed by atoms with Crippen molar-refractivity contribution in [3.05, 3.63) is 97.1 Å². The Morgan fingerprint density at radius 3 is 1.53 bits per heavy atom. The molecule has 0 saturated heterocycles. The Morgan fingerprint density at radius 2 is 1.02 bits per heavy atom. The molecule has 0 aromatic heterocycles. The van der Waals surface area contributed by atoms with Gasteiger partial charge in [-0.2, -0.15) is 8.42 Å². The van der Waals surface area contributed by atoms with Crippen LogP contribution in [0, 0.1) is 0 Å². The van der Waals surface area contributed by atoms with Gasteiger partial charge in [-0.15, -0.1) is 23.2 Å². The predicted molar refractivity (Wildman–Crippen MR) is 203 cm³/mol. The number of anilines is 4. The molecular formula is C37H44Cl2N2O3S3. The van der Waals surface area contributed by atoms with Crippen LogP contribution < -0.4 is 10.2 Å². The van der Waals surface area contributed by atoms with Crippen molar-refractivity contribution in [3.8, 4) is 0 Å². The van der Waals surface area contributed by atoms with E-state index in [1.54, 1.807) is 0 Å². The Kier molecular flexibility index (Phi) is 16.1. The third-order valence-electron chi connectivity index (χ3n) is 7.39. The second-order valence-electron chi connectivity index (χ2n) is 11.1. The molecule has 47 heavy (non-hydrogen) atoms. The van der Waals surface area contributed by atoms with E-state index in [1.165, 1.54) is 61.6 Å². The normalized spacial score (nSPS) is 12.5. The number of unbranched alkanes of at least 4 members (excludes halogenated alkanes) is 6. The number of nitrogens with one attached hydrogen (secondary N) is 1. The van der Waals surface area contributed by atoms with E-state index >= 15 is 0 Å². The minimum Gasteiger partial charge on any atom is -0.354 e. The lowest BCUT2D eigenvalue weighted by molar-refractivity contribution is 0.310. The zero-order valence-corrected chi connectivity index (χ0v) is 30.8. The van der Waals surface area contributed by atoms with Crippen molar-refractivity contribution < 1.29 is 12.6 Å². The van der Waals surface area contributed by atoms with E-state index in [2.05, 4.69) is 111 Å². The monoisotopic (exact) mass is 730 g/mol. The van der Waals surface area contributed by atoms with E-state index in [-0.39, 0.29) is 0 Å². The summed E-state index contributed by atoms with van der Waals surface area (Å²) < 4.78 is 25.5. The van der Waals surface area contributed by atoms with Crippen LogP contribution in [0.1, 0.15) is 51.4 Å². The van der Waals surface area contributed by atoms with Crippen molar-refractivity contribution in [2.24, 2.45) is 0 Å². The van der Waals surface area contributed by atoms with Gasteiger partial charge in [-0.05, 0) is 74.2 Å². The zero-order chi connectivity index (χ0) is 33.3. The summed E-state index contributed by atoms with van der Waals surface area (Å²) in [7, 11) is -3.24. The molecule has 252 valence electrons. The van der Waals surface area contributed by atoms with Crippen LogP contribution in [-0.4, -0.2) is 39.6 Å². The van der Waals surface area contributed by atoms with Crippen molar-refractivity contribution in [2.75, 3.05) is 41.4 Å². The minimum atomic E-state index is -3.24. The van der Waals surface area contributed by atoms with Crippen molar-refractivity contribution >= 4 is 79.6 Å². The highest BCUT2D eigenvalue weighted by Crippen LogP contribution is 2.48. The molecule has 2 aliphatic heterocycles. The van der Waals surface area contributed by atoms with Crippen LogP contribution in [0.25, 0.3) is 0 Å². The van der Waals surface area contributed by atoms with Gasteiger partial charge in [-0.1, -0.05) is 97.7 Å². The lowest BCUT2D eigenvalue weighted by Crippen LogP contribution is -2.21. The van der Waals surface area contributed by atoms with Crippen LogP contribution in [0.5, 0.6) is 0 Å². The molecule has 0 fully saturated rings. The molecule has 1 N–H and O–H groups in total. The Hall–Kier alpha value is -2.33. The Bertz CT molecular complexity index is 1510. The summed E-state index contributed by atoms with van der Waals surface area (Å²) in [6, 6.07) is 34.2. The maximum atomic E-state index is 10.5. The molecule has 0 radical (unpaired) electrons. The summed E-state index contributed by atoms with van der Waals surface area (Å²) in [6.45, 7) is 1.37. The van der Waals surface area contributed by atoms with Crippen LogP contribution in [-0.2, 0) is 14.3 Å². The van der Waals surface area contributed by atoms with Gasteiger partial charge in [0, 0.05) is 37.9 Å². The molecule has 5 nitrogen and oxygen atoms in total. The third-order valence-corrected chi connectivity index (χ3v) is 10.8. The van der Waals surface area contributed by atoms with Gasteiger partial charge >= 0.3 is 0 Å². The fraction of sp³-hybridized carbons (Fsp3) is 0.351. The average molecular weight is 732 g/mol. The Balaban J connectivity index is 0.000000168. The second-order valence-corrected chi connectivity index (χ2v) is 15.7. The quantitative estimate of drug-likeness (QED) is 0.0735. The van der Waals surface area contributed by atoms with Gasteiger partial charge in [0.05, 0.1) is 35.6 Å². The summed E-state index contributed by atoms with van der Waals surface area (Å²) >= 11 is 14.9. The maximum Gasteiger partial charge on any atom is 0.264 e. The first-order valence-corrected chi connectivity index (χ1v) is 20.6. The molecule has 0 aliphatic carbocycles. The van der Waals surface area contributed by atoms with Gasteiger partial charge in [0.2, 0.25) is 0 Å². The van der Waals surface area contributed by atoms with Crippen molar-refractivity contribution in [3.63, 3.8) is 0 Å². The Labute approximate surface area is 299 Å². The van der Waals surface area contributed by atoms with Crippen LogP contribution in [0.2, 0.25) is 0 Å². The van der Waals surface area contributed by atoms with Gasteiger partial charge in [-0.3, -0.25) is 4.18 Å². The maximum absolute atomic E-state index is 10.5. The fourth-order valence-corrected chi connectivity index (χ4v) is 7.96. The lowest BCUT2D eigenvalue weighted by atomic mass is 10.1. The molecule has 4 aromatic carbocycles. The number of para-hydroxylation sites is 4. The van der Waals surface area contributed by atoms with E-state index in [9.17, 15) is 8.42 Å². The molecule has 2 heterocycles. The topological polar surface area (TPSA) is 58.6 Å². The highest BCUT2D eigenvalue weighted by molar-refractivity contribution is 8.00. The van der Waals surface area contributed by atoms with Gasteiger partial charge in [0.25, 0.3) is 10.1 Å². The largest absolute Gasteiger partial charge is 0.354 e. The van der Waals surface area contributed by atoms with Crippen LogP contribution in [0.3, 0.4) is 0 Å². The zero-order valence-electron chi connectivity index (χ0n) is 26.9. The molecule has 0 spiro atoms. The lowest BCUT2D eigenvalue weighted by Gasteiger charge is -2.32. The predicted octanol–water partition coefficient (Wildman–Crippen LogP) is 11.7. The standard InChI is InChI=1S/C18H20ClNS.C12H9NS.C7H15ClO3S/c19-13-7-1-2-8-14-20-15-9-3-5-11-17(15)21-18-12-6-4-10-16(18)20;1-3-7-11-9(5-1)13-10-6-2-4-8-12(10)14-11;1-12(9,10)11-7-5-3-2-4-6-8/h3-6,9-12H,1-2,7-8,13-14H2;1-8,13H;2-7H2,1H3. The number of alkyl halides is 2. The van der Waals surface area contributed by atoms with E-state index in [0.29, 0.717) is 12.5 Å². The summed E-state index contributed by atoms with van der Waals surface area (Å²) in [5.74, 6) is 1.46. The van der Waals surface area contributed by atoms with E-state index in [0.717, 1.165) is 50.8 Å². The molecule has 0 amide bonds. The van der Waals surface area contributed by atoms with Crippen LogP contribution in [0.4, 0.5) is 22.7 Å². The first kappa shape index (κ1) is 37.5. The number of benzene rings is 4. The molecule has 4 aromatic rings. The molecule has 0 bridgehead atoms.